The molecule has 18 heavy (non-hydrogen) atoms. The molecule has 0 saturated carbocycles. The van der Waals surface area contributed by atoms with Crippen LogP contribution in [0.4, 0.5) is 0 Å². The summed E-state index contributed by atoms with van der Waals surface area (Å²) in [6.07, 6.45) is 3.68. The van der Waals surface area contributed by atoms with Crippen LogP contribution in [-0.2, 0) is 4.74 Å². The number of ether oxygens (including phenoxy) is 1. The molecular weight excluding hydrogens is 252 g/mol. The number of carbonyl (C=O) groups is 1. The predicted molar refractivity (Wildman–Crippen MR) is 69.9 cm³/mol. The number of nitrogens with zero attached hydrogens (tertiary/aromatic N) is 1. The van der Waals surface area contributed by atoms with Crippen LogP contribution < -0.4 is 5.32 Å². The average molecular weight is 269 g/mol. The van der Waals surface area contributed by atoms with Gasteiger partial charge in [0.1, 0.15) is 0 Å². The molecule has 0 radical (unpaired) electrons. The molecule has 1 fully saturated rings. The van der Waals surface area contributed by atoms with Crippen molar-refractivity contribution in [1.29, 1.82) is 0 Å². The molecule has 2 heterocycles. The van der Waals surface area contributed by atoms with E-state index in [9.17, 15) is 4.79 Å². The van der Waals surface area contributed by atoms with E-state index >= 15 is 0 Å². The summed E-state index contributed by atoms with van der Waals surface area (Å²) < 4.78 is 5.37. The number of amides is 1. The molecule has 1 aromatic heterocycles. The number of carbonyl (C=O) groups excluding carboxylic acids is 1. The Morgan fingerprint density at radius 3 is 3.17 bits per heavy atom. The minimum absolute atomic E-state index is 0.168. The second-order valence-electron chi connectivity index (χ2n) is 4.60. The molecule has 1 aliphatic heterocycles. The van der Waals surface area contributed by atoms with Gasteiger partial charge in [0, 0.05) is 25.0 Å². The Morgan fingerprint density at radius 2 is 2.50 bits per heavy atom. The summed E-state index contributed by atoms with van der Waals surface area (Å²) in [6, 6.07) is 1.69. The predicted octanol–water partition coefficient (Wildman–Crippen LogP) is 2.20. The maximum Gasteiger partial charge on any atom is 0.254 e. The van der Waals surface area contributed by atoms with E-state index in [0.717, 1.165) is 31.7 Å². The number of pyridine rings is 1. The van der Waals surface area contributed by atoms with Crippen molar-refractivity contribution in [3.8, 4) is 0 Å². The van der Waals surface area contributed by atoms with Gasteiger partial charge in [-0.1, -0.05) is 11.6 Å². The Balaban J connectivity index is 1.90. The molecule has 0 aromatic carbocycles. The topological polar surface area (TPSA) is 51.2 Å². The Labute approximate surface area is 112 Å². The van der Waals surface area contributed by atoms with Crippen molar-refractivity contribution in [3.05, 3.63) is 28.5 Å². The van der Waals surface area contributed by atoms with Gasteiger partial charge in [0.15, 0.2) is 0 Å². The lowest BCUT2D eigenvalue weighted by Crippen LogP contribution is -2.33. The van der Waals surface area contributed by atoms with Crippen LogP contribution in [0.15, 0.2) is 12.3 Å². The van der Waals surface area contributed by atoms with Crippen LogP contribution in [0.25, 0.3) is 0 Å². The molecule has 0 bridgehead atoms. The number of nitrogens with one attached hydrogen (secondary N) is 1. The number of hydrogen-bond donors (Lipinski definition) is 1. The highest BCUT2D eigenvalue weighted by Crippen LogP contribution is 2.16. The lowest BCUT2D eigenvalue weighted by Gasteiger charge is -2.22. The molecule has 5 heteroatoms. The van der Waals surface area contributed by atoms with Crippen LogP contribution in [0.2, 0.25) is 5.02 Å². The molecule has 4 nitrogen and oxygen atoms in total. The lowest BCUT2D eigenvalue weighted by atomic mass is 10.0. The van der Waals surface area contributed by atoms with Gasteiger partial charge in [0.25, 0.3) is 5.91 Å². The second-order valence-corrected chi connectivity index (χ2v) is 5.01. The molecule has 1 atom stereocenters. The summed E-state index contributed by atoms with van der Waals surface area (Å²) in [5, 5.41) is 3.33. The Morgan fingerprint density at radius 1 is 1.67 bits per heavy atom. The van der Waals surface area contributed by atoms with Crippen LogP contribution >= 0.6 is 11.6 Å². The maximum absolute atomic E-state index is 11.9. The first-order valence-corrected chi connectivity index (χ1v) is 6.52. The SMILES string of the molecule is Cc1cc(Cl)c(C(=O)NCC2CCCOC2)cn1. The van der Waals surface area contributed by atoms with Gasteiger partial charge < -0.3 is 10.1 Å². The minimum Gasteiger partial charge on any atom is -0.381 e. The minimum atomic E-state index is -0.168. The van der Waals surface area contributed by atoms with Crippen molar-refractivity contribution < 1.29 is 9.53 Å². The van der Waals surface area contributed by atoms with Crippen LogP contribution in [0.1, 0.15) is 28.9 Å². The van der Waals surface area contributed by atoms with E-state index in [1.807, 2.05) is 6.92 Å². The number of halogens is 1. The third-order valence-electron chi connectivity index (χ3n) is 3.04. The smallest absolute Gasteiger partial charge is 0.254 e. The fourth-order valence-electron chi connectivity index (χ4n) is 1.99. The molecule has 1 unspecified atom stereocenters. The number of hydrogen-bond acceptors (Lipinski definition) is 3. The average Bonchev–Trinajstić information content (AvgIpc) is 2.37. The normalized spacial score (nSPS) is 19.6. The fraction of sp³-hybridized carbons (Fsp3) is 0.538. The van der Waals surface area contributed by atoms with Crippen molar-refractivity contribution in [2.24, 2.45) is 5.92 Å². The molecule has 98 valence electrons. The summed E-state index contributed by atoms with van der Waals surface area (Å²) in [4.78, 5) is 16.0. The Kier molecular flexibility index (Phi) is 4.55. The highest BCUT2D eigenvalue weighted by Gasteiger charge is 2.16. The highest BCUT2D eigenvalue weighted by molar-refractivity contribution is 6.33. The van der Waals surface area contributed by atoms with E-state index in [1.165, 1.54) is 6.20 Å². The van der Waals surface area contributed by atoms with Crippen molar-refractivity contribution in [2.45, 2.75) is 19.8 Å². The van der Waals surface area contributed by atoms with Gasteiger partial charge in [0.2, 0.25) is 0 Å². The summed E-state index contributed by atoms with van der Waals surface area (Å²) in [5.74, 6) is 0.234. The Hall–Kier alpha value is -1.13. The van der Waals surface area contributed by atoms with Gasteiger partial charge in [-0.2, -0.15) is 0 Å². The first kappa shape index (κ1) is 13.3. The van der Waals surface area contributed by atoms with E-state index in [1.54, 1.807) is 6.07 Å². The van der Waals surface area contributed by atoms with E-state index in [4.69, 9.17) is 16.3 Å². The van der Waals surface area contributed by atoms with Crippen LogP contribution in [0.3, 0.4) is 0 Å². The van der Waals surface area contributed by atoms with E-state index < -0.39 is 0 Å². The third kappa shape index (κ3) is 3.43. The summed E-state index contributed by atoms with van der Waals surface area (Å²) in [6.45, 7) is 4.02. The zero-order chi connectivity index (χ0) is 13.0. The van der Waals surface area contributed by atoms with Crippen LogP contribution in [-0.4, -0.2) is 30.6 Å². The van der Waals surface area contributed by atoms with Gasteiger partial charge in [-0.25, -0.2) is 0 Å². The van der Waals surface area contributed by atoms with Crippen molar-refractivity contribution in [2.75, 3.05) is 19.8 Å². The largest absolute Gasteiger partial charge is 0.381 e. The molecule has 2 rings (SSSR count). The molecule has 1 N–H and O–H groups in total. The number of aromatic nitrogens is 1. The number of aryl methyl sites for hydroxylation is 1. The van der Waals surface area contributed by atoms with Crippen molar-refractivity contribution in [3.63, 3.8) is 0 Å². The first-order valence-electron chi connectivity index (χ1n) is 6.15. The molecular formula is C13H17ClN2O2. The highest BCUT2D eigenvalue weighted by atomic mass is 35.5. The third-order valence-corrected chi connectivity index (χ3v) is 3.35. The van der Waals surface area contributed by atoms with Crippen molar-refractivity contribution >= 4 is 17.5 Å². The second kappa shape index (κ2) is 6.16. The van der Waals surface area contributed by atoms with Gasteiger partial charge in [-0.05, 0) is 31.7 Å². The van der Waals surface area contributed by atoms with E-state index in [-0.39, 0.29) is 5.91 Å². The molecule has 1 saturated heterocycles. The van der Waals surface area contributed by atoms with Gasteiger partial charge in [0.05, 0.1) is 17.2 Å². The van der Waals surface area contributed by atoms with Gasteiger partial charge in [-0.3, -0.25) is 9.78 Å². The van der Waals surface area contributed by atoms with Gasteiger partial charge >= 0.3 is 0 Å². The molecule has 1 amide bonds. The fourth-order valence-corrected chi connectivity index (χ4v) is 2.29. The maximum atomic E-state index is 11.9. The monoisotopic (exact) mass is 268 g/mol. The molecule has 0 spiro atoms. The standard InChI is InChI=1S/C13H17ClN2O2/c1-9-5-12(14)11(7-15-9)13(17)16-6-10-3-2-4-18-8-10/h5,7,10H,2-4,6,8H2,1H3,(H,16,17). The van der Waals surface area contributed by atoms with E-state index in [0.29, 0.717) is 23.0 Å². The van der Waals surface area contributed by atoms with Crippen LogP contribution in [0, 0.1) is 12.8 Å². The van der Waals surface area contributed by atoms with Crippen molar-refractivity contribution in [1.82, 2.24) is 10.3 Å². The summed E-state index contributed by atoms with van der Waals surface area (Å²) >= 11 is 6.02. The van der Waals surface area contributed by atoms with Gasteiger partial charge in [-0.15, -0.1) is 0 Å². The Bertz CT molecular complexity index is 431. The first-order chi connectivity index (χ1) is 8.66. The zero-order valence-corrected chi connectivity index (χ0v) is 11.2. The van der Waals surface area contributed by atoms with Crippen LogP contribution in [0.5, 0.6) is 0 Å². The molecule has 1 aliphatic rings. The number of rotatable bonds is 3. The zero-order valence-electron chi connectivity index (χ0n) is 10.4. The molecule has 1 aromatic rings. The summed E-state index contributed by atoms with van der Waals surface area (Å²) in [7, 11) is 0. The molecule has 0 aliphatic carbocycles. The lowest BCUT2D eigenvalue weighted by molar-refractivity contribution is 0.0536. The quantitative estimate of drug-likeness (QED) is 0.914. The summed E-state index contributed by atoms with van der Waals surface area (Å²) in [5.41, 5.74) is 1.23. The van der Waals surface area contributed by atoms with E-state index in [2.05, 4.69) is 10.3 Å².